The fourth-order valence-corrected chi connectivity index (χ4v) is 4.85. The molecule has 146 valence electrons. The van der Waals surface area contributed by atoms with Crippen LogP contribution in [0.25, 0.3) is 0 Å². The Balaban J connectivity index is 1.42. The summed E-state index contributed by atoms with van der Waals surface area (Å²) in [5.74, 6) is -0.599. The molecule has 2 bridgehead atoms. The number of hydrogen-bond donors (Lipinski definition) is 2. The zero-order valence-electron chi connectivity index (χ0n) is 15.6. The number of piperidine rings is 2. The van der Waals surface area contributed by atoms with Crippen LogP contribution in [0.5, 0.6) is 0 Å². The molecule has 6 heteroatoms. The average molecular weight is 398 g/mol. The van der Waals surface area contributed by atoms with Crippen molar-refractivity contribution in [2.45, 2.75) is 50.2 Å². The maximum Gasteiger partial charge on any atom is 0.251 e. The van der Waals surface area contributed by atoms with Gasteiger partial charge in [0, 0.05) is 29.4 Å². The van der Waals surface area contributed by atoms with Gasteiger partial charge >= 0.3 is 0 Å². The Morgan fingerprint density at radius 1 is 1.04 bits per heavy atom. The number of nitrogens with zero attached hydrogens (tertiary/aromatic N) is 1. The molecule has 2 N–H and O–H groups in total. The minimum atomic E-state index is -0.392. The number of fused-ring (bicyclic) bond motifs is 2. The molecule has 2 aliphatic rings. The molecule has 0 radical (unpaired) electrons. The fraction of sp³-hybridized carbons (Fsp3) is 0.364. The van der Waals surface area contributed by atoms with Crippen LogP contribution in [0.2, 0.25) is 0 Å². The third kappa shape index (κ3) is 4.17. The SMILES string of the molecule is O=C(NC1C[C@H]2CCC[C@H](C1)N2C(=S)Nc1ccccc1)c1cccc(F)c1. The summed E-state index contributed by atoms with van der Waals surface area (Å²) in [4.78, 5) is 14.8. The van der Waals surface area contributed by atoms with Crippen molar-refractivity contribution in [2.24, 2.45) is 0 Å². The van der Waals surface area contributed by atoms with Gasteiger partial charge in [0.25, 0.3) is 5.91 Å². The van der Waals surface area contributed by atoms with Crippen LogP contribution < -0.4 is 10.6 Å². The highest BCUT2D eigenvalue weighted by atomic mass is 32.1. The average Bonchev–Trinajstić information content (AvgIpc) is 2.68. The minimum Gasteiger partial charge on any atom is -0.349 e. The number of para-hydroxylation sites is 1. The number of anilines is 1. The van der Waals surface area contributed by atoms with E-state index in [1.54, 1.807) is 12.1 Å². The van der Waals surface area contributed by atoms with Gasteiger partial charge in [0.05, 0.1) is 0 Å². The normalized spacial score (nSPS) is 23.8. The fourth-order valence-electron chi connectivity index (χ4n) is 4.44. The highest BCUT2D eigenvalue weighted by Crippen LogP contribution is 2.34. The van der Waals surface area contributed by atoms with Crippen molar-refractivity contribution in [3.05, 3.63) is 66.0 Å². The Hall–Kier alpha value is -2.47. The van der Waals surface area contributed by atoms with Crippen molar-refractivity contribution in [2.75, 3.05) is 5.32 Å². The van der Waals surface area contributed by atoms with E-state index in [-0.39, 0.29) is 11.9 Å². The Morgan fingerprint density at radius 3 is 2.43 bits per heavy atom. The molecule has 28 heavy (non-hydrogen) atoms. The molecular weight excluding hydrogens is 373 g/mol. The Bertz CT molecular complexity index is 846. The predicted molar refractivity (Wildman–Crippen MR) is 113 cm³/mol. The molecular formula is C22H24FN3OS. The number of halogens is 1. The highest BCUT2D eigenvalue weighted by Gasteiger charge is 2.40. The lowest BCUT2D eigenvalue weighted by Gasteiger charge is -2.50. The second-order valence-corrected chi connectivity index (χ2v) is 7.98. The molecule has 0 unspecified atom stereocenters. The maximum absolute atomic E-state index is 13.4. The second-order valence-electron chi connectivity index (χ2n) is 7.59. The van der Waals surface area contributed by atoms with E-state index in [1.807, 2.05) is 30.3 Å². The topological polar surface area (TPSA) is 44.4 Å². The van der Waals surface area contributed by atoms with E-state index in [1.165, 1.54) is 18.6 Å². The Kier molecular flexibility index (Phi) is 5.57. The third-order valence-corrected chi connectivity index (χ3v) is 5.97. The standard InChI is InChI=1S/C22H24FN3OS/c23-16-7-4-6-15(12-16)21(27)24-18-13-19-10-5-11-20(14-18)26(19)22(28)25-17-8-2-1-3-9-17/h1-4,6-9,12,18-20H,5,10-11,13-14H2,(H,24,27)(H,25,28)/t19-,20-/m1/s1. The highest BCUT2D eigenvalue weighted by molar-refractivity contribution is 7.80. The van der Waals surface area contributed by atoms with Crippen LogP contribution in [0, 0.1) is 5.82 Å². The van der Waals surface area contributed by atoms with E-state index in [0.29, 0.717) is 17.6 Å². The summed E-state index contributed by atoms with van der Waals surface area (Å²) < 4.78 is 13.4. The van der Waals surface area contributed by atoms with Gasteiger partial charge in [0.2, 0.25) is 0 Å². The number of thiocarbonyl (C=S) groups is 1. The van der Waals surface area contributed by atoms with Crippen molar-refractivity contribution < 1.29 is 9.18 Å². The summed E-state index contributed by atoms with van der Waals surface area (Å²) in [5.41, 5.74) is 1.36. The van der Waals surface area contributed by atoms with Gasteiger partial charge in [-0.25, -0.2) is 4.39 Å². The number of rotatable bonds is 3. The molecule has 0 spiro atoms. The first kappa shape index (κ1) is 18.9. The number of nitrogens with one attached hydrogen (secondary N) is 2. The molecule has 1 amide bonds. The van der Waals surface area contributed by atoms with Crippen LogP contribution in [0.3, 0.4) is 0 Å². The molecule has 2 heterocycles. The van der Waals surface area contributed by atoms with Crippen LogP contribution in [0.1, 0.15) is 42.5 Å². The van der Waals surface area contributed by atoms with Gasteiger partial charge in [-0.1, -0.05) is 24.3 Å². The molecule has 2 aliphatic heterocycles. The van der Waals surface area contributed by atoms with Crippen LogP contribution >= 0.6 is 12.2 Å². The summed E-state index contributed by atoms with van der Waals surface area (Å²) in [6, 6.07) is 16.5. The van der Waals surface area contributed by atoms with Gasteiger partial charge in [0.15, 0.2) is 5.11 Å². The summed E-state index contributed by atoms with van der Waals surface area (Å²) in [5, 5.41) is 7.22. The first-order valence-electron chi connectivity index (χ1n) is 9.81. The van der Waals surface area contributed by atoms with E-state index < -0.39 is 5.82 Å². The number of benzene rings is 2. The number of amides is 1. The Labute approximate surface area is 170 Å². The molecule has 4 rings (SSSR count). The van der Waals surface area contributed by atoms with Crippen LogP contribution in [-0.4, -0.2) is 34.0 Å². The molecule has 2 aromatic carbocycles. The zero-order valence-corrected chi connectivity index (χ0v) is 16.4. The molecule has 4 nitrogen and oxygen atoms in total. The number of carbonyl (C=O) groups is 1. The van der Waals surface area contributed by atoms with Crippen molar-refractivity contribution in [1.29, 1.82) is 0 Å². The van der Waals surface area contributed by atoms with E-state index >= 15 is 0 Å². The Morgan fingerprint density at radius 2 is 1.75 bits per heavy atom. The molecule has 2 atom stereocenters. The number of hydrogen-bond acceptors (Lipinski definition) is 2. The van der Waals surface area contributed by atoms with Crippen molar-refractivity contribution >= 4 is 28.9 Å². The van der Waals surface area contributed by atoms with Gasteiger partial charge in [0.1, 0.15) is 5.82 Å². The molecule has 0 aliphatic carbocycles. The van der Waals surface area contributed by atoms with Crippen molar-refractivity contribution in [3.63, 3.8) is 0 Å². The lowest BCUT2D eigenvalue weighted by Crippen LogP contribution is -2.59. The van der Waals surface area contributed by atoms with Gasteiger partial charge in [-0.3, -0.25) is 4.79 Å². The van der Waals surface area contributed by atoms with Gasteiger partial charge < -0.3 is 15.5 Å². The van der Waals surface area contributed by atoms with Gasteiger partial charge in [-0.2, -0.15) is 0 Å². The zero-order chi connectivity index (χ0) is 19.5. The summed E-state index contributed by atoms with van der Waals surface area (Å²) in [7, 11) is 0. The molecule has 0 aromatic heterocycles. The van der Waals surface area contributed by atoms with Gasteiger partial charge in [-0.15, -0.1) is 0 Å². The monoisotopic (exact) mass is 397 g/mol. The van der Waals surface area contributed by atoms with Crippen molar-refractivity contribution in [3.8, 4) is 0 Å². The van der Waals surface area contributed by atoms with E-state index in [4.69, 9.17) is 12.2 Å². The lowest BCUT2D eigenvalue weighted by molar-refractivity contribution is 0.0755. The molecule has 2 fully saturated rings. The molecule has 2 saturated heterocycles. The maximum atomic E-state index is 13.4. The quantitative estimate of drug-likeness (QED) is 0.757. The van der Waals surface area contributed by atoms with Gasteiger partial charge in [-0.05, 0) is 74.7 Å². The molecule has 0 saturated carbocycles. The summed E-state index contributed by atoms with van der Waals surface area (Å²) in [6.07, 6.45) is 5.03. The summed E-state index contributed by atoms with van der Waals surface area (Å²) in [6.45, 7) is 0. The smallest absolute Gasteiger partial charge is 0.251 e. The minimum absolute atomic E-state index is 0.0850. The largest absolute Gasteiger partial charge is 0.349 e. The molecule has 2 aromatic rings. The second kappa shape index (κ2) is 8.27. The first-order chi connectivity index (χ1) is 13.6. The van der Waals surface area contributed by atoms with Crippen LogP contribution in [0.15, 0.2) is 54.6 Å². The van der Waals surface area contributed by atoms with E-state index in [2.05, 4.69) is 15.5 Å². The summed E-state index contributed by atoms with van der Waals surface area (Å²) >= 11 is 5.71. The van der Waals surface area contributed by atoms with Crippen molar-refractivity contribution in [1.82, 2.24) is 10.2 Å². The predicted octanol–water partition coefficient (Wildman–Crippen LogP) is 4.34. The van der Waals surface area contributed by atoms with E-state index in [0.717, 1.165) is 36.5 Å². The third-order valence-electron chi connectivity index (χ3n) is 5.66. The number of carbonyl (C=O) groups excluding carboxylic acids is 1. The van der Waals surface area contributed by atoms with E-state index in [9.17, 15) is 9.18 Å². The van der Waals surface area contributed by atoms with Crippen LogP contribution in [0.4, 0.5) is 10.1 Å². The first-order valence-corrected chi connectivity index (χ1v) is 10.2. The lowest BCUT2D eigenvalue weighted by atomic mass is 9.82. The van der Waals surface area contributed by atoms with Crippen LogP contribution in [-0.2, 0) is 0 Å².